The maximum absolute atomic E-state index is 11.9. The van der Waals surface area contributed by atoms with Crippen molar-refractivity contribution in [2.45, 2.75) is 6.54 Å². The van der Waals surface area contributed by atoms with Gasteiger partial charge in [0.2, 0.25) is 5.91 Å². The Morgan fingerprint density at radius 2 is 1.95 bits per heavy atom. The van der Waals surface area contributed by atoms with Crippen LogP contribution in [0.25, 0.3) is 0 Å². The number of nitrogens with zero attached hydrogens (tertiary/aromatic N) is 1. The molecule has 0 unspecified atom stereocenters. The average Bonchev–Trinajstić information content (AvgIpc) is 2.38. The van der Waals surface area contributed by atoms with Crippen LogP contribution in [0.2, 0.25) is 10.0 Å². The molecular weight excluding hydrogens is 367 g/mol. The Kier molecular flexibility index (Phi) is 4.86. The molecule has 0 radical (unpaired) electrons. The maximum Gasteiger partial charge on any atom is 0.251 e. The lowest BCUT2D eigenvalue weighted by molar-refractivity contribution is -0.116. The Balaban J connectivity index is 2.11. The average molecular weight is 376 g/mol. The highest BCUT2D eigenvalue weighted by atomic mass is 79.9. The molecule has 2 aromatic rings. The SMILES string of the molecule is O=C(Cn1cc(Br)ccc1=O)Nc1ccc(Cl)c(Cl)c1. The lowest BCUT2D eigenvalue weighted by Gasteiger charge is -2.08. The van der Waals surface area contributed by atoms with Crippen LogP contribution in [0.3, 0.4) is 0 Å². The Hall–Kier alpha value is -1.30. The number of hydrogen-bond donors (Lipinski definition) is 1. The zero-order valence-electron chi connectivity index (χ0n) is 10.1. The number of aromatic nitrogens is 1. The molecule has 20 heavy (non-hydrogen) atoms. The van der Waals surface area contributed by atoms with Crippen molar-refractivity contribution in [3.63, 3.8) is 0 Å². The van der Waals surface area contributed by atoms with Crippen LogP contribution >= 0.6 is 39.1 Å². The molecule has 0 aliphatic rings. The number of anilines is 1. The van der Waals surface area contributed by atoms with Gasteiger partial charge in [0.1, 0.15) is 6.54 Å². The van der Waals surface area contributed by atoms with Crippen molar-refractivity contribution in [3.8, 4) is 0 Å². The molecule has 0 bridgehead atoms. The van der Waals surface area contributed by atoms with Gasteiger partial charge in [-0.25, -0.2) is 0 Å². The first kappa shape index (κ1) is 15.1. The summed E-state index contributed by atoms with van der Waals surface area (Å²) in [5.74, 6) is -0.330. The van der Waals surface area contributed by atoms with E-state index in [1.54, 1.807) is 30.5 Å². The molecule has 0 aliphatic carbocycles. The monoisotopic (exact) mass is 374 g/mol. The van der Waals surface area contributed by atoms with Crippen molar-refractivity contribution >= 4 is 50.7 Å². The zero-order chi connectivity index (χ0) is 14.7. The van der Waals surface area contributed by atoms with Crippen LogP contribution < -0.4 is 10.9 Å². The fraction of sp³-hybridized carbons (Fsp3) is 0.0769. The van der Waals surface area contributed by atoms with E-state index in [4.69, 9.17) is 23.2 Å². The molecular formula is C13H9BrCl2N2O2. The molecule has 7 heteroatoms. The second kappa shape index (κ2) is 6.43. The number of hydrogen-bond acceptors (Lipinski definition) is 2. The van der Waals surface area contributed by atoms with Crippen molar-refractivity contribution < 1.29 is 4.79 Å². The number of amides is 1. The van der Waals surface area contributed by atoms with E-state index >= 15 is 0 Å². The number of carbonyl (C=O) groups is 1. The minimum atomic E-state index is -0.330. The fourth-order valence-electron chi connectivity index (χ4n) is 1.55. The van der Waals surface area contributed by atoms with Gasteiger partial charge in [-0.1, -0.05) is 23.2 Å². The number of pyridine rings is 1. The van der Waals surface area contributed by atoms with E-state index < -0.39 is 0 Å². The second-order valence-corrected chi connectivity index (χ2v) is 5.72. The van der Waals surface area contributed by atoms with Crippen LogP contribution in [0, 0.1) is 0 Å². The van der Waals surface area contributed by atoms with E-state index in [2.05, 4.69) is 21.2 Å². The van der Waals surface area contributed by atoms with Crippen LogP contribution in [0.1, 0.15) is 0 Å². The molecule has 1 N–H and O–H groups in total. The highest BCUT2D eigenvalue weighted by Crippen LogP contribution is 2.24. The first-order valence-electron chi connectivity index (χ1n) is 5.56. The first-order chi connectivity index (χ1) is 9.45. The molecule has 1 aromatic carbocycles. The van der Waals surface area contributed by atoms with Gasteiger partial charge in [0.25, 0.3) is 5.56 Å². The molecule has 1 amide bonds. The van der Waals surface area contributed by atoms with Gasteiger partial charge in [0.05, 0.1) is 10.0 Å². The van der Waals surface area contributed by atoms with E-state index in [1.165, 1.54) is 10.6 Å². The highest BCUT2D eigenvalue weighted by Gasteiger charge is 2.07. The Morgan fingerprint density at radius 1 is 1.20 bits per heavy atom. The number of halogens is 3. The van der Waals surface area contributed by atoms with Crippen molar-refractivity contribution in [2.75, 3.05) is 5.32 Å². The van der Waals surface area contributed by atoms with Gasteiger partial charge in [0, 0.05) is 22.4 Å². The number of rotatable bonds is 3. The van der Waals surface area contributed by atoms with E-state index in [0.717, 1.165) is 4.47 Å². The van der Waals surface area contributed by atoms with Crippen LogP contribution in [-0.2, 0) is 11.3 Å². The van der Waals surface area contributed by atoms with Gasteiger partial charge in [-0.05, 0) is 40.2 Å². The Morgan fingerprint density at radius 3 is 2.65 bits per heavy atom. The third-order valence-electron chi connectivity index (χ3n) is 2.46. The molecule has 0 atom stereocenters. The van der Waals surface area contributed by atoms with Crippen LogP contribution in [0.4, 0.5) is 5.69 Å². The maximum atomic E-state index is 11.9. The summed E-state index contributed by atoms with van der Waals surface area (Å²) in [7, 11) is 0. The summed E-state index contributed by atoms with van der Waals surface area (Å²) in [6.45, 7) is -0.0848. The molecule has 1 heterocycles. The van der Waals surface area contributed by atoms with Crippen LogP contribution in [0.15, 0.2) is 45.8 Å². The fourth-order valence-corrected chi connectivity index (χ4v) is 2.23. The third kappa shape index (κ3) is 3.85. The first-order valence-corrected chi connectivity index (χ1v) is 7.11. The molecule has 104 valence electrons. The predicted molar refractivity (Wildman–Crippen MR) is 83.5 cm³/mol. The standard InChI is InChI=1S/C13H9BrCl2N2O2/c14-8-1-4-13(20)18(6-8)7-12(19)17-9-2-3-10(15)11(16)5-9/h1-6H,7H2,(H,17,19). The summed E-state index contributed by atoms with van der Waals surface area (Å²) in [6, 6.07) is 7.78. The molecule has 2 rings (SSSR count). The van der Waals surface area contributed by atoms with Crippen LogP contribution in [-0.4, -0.2) is 10.5 Å². The van der Waals surface area contributed by atoms with Crippen molar-refractivity contribution in [1.29, 1.82) is 0 Å². The number of carbonyl (C=O) groups excluding carboxylic acids is 1. The molecule has 0 spiro atoms. The van der Waals surface area contributed by atoms with E-state index in [0.29, 0.717) is 15.7 Å². The lowest BCUT2D eigenvalue weighted by atomic mass is 10.3. The Labute approximate surface area is 133 Å². The summed E-state index contributed by atoms with van der Waals surface area (Å²) in [6.07, 6.45) is 1.55. The Bertz CT molecular complexity index is 716. The van der Waals surface area contributed by atoms with Crippen molar-refractivity contribution in [2.24, 2.45) is 0 Å². The van der Waals surface area contributed by atoms with Gasteiger partial charge < -0.3 is 9.88 Å². The number of benzene rings is 1. The molecule has 1 aromatic heterocycles. The van der Waals surface area contributed by atoms with Gasteiger partial charge in [-0.3, -0.25) is 9.59 Å². The topological polar surface area (TPSA) is 51.1 Å². The normalized spacial score (nSPS) is 10.3. The lowest BCUT2D eigenvalue weighted by Crippen LogP contribution is -2.26. The second-order valence-electron chi connectivity index (χ2n) is 3.99. The summed E-state index contributed by atoms with van der Waals surface area (Å²) in [5.41, 5.74) is 0.268. The molecule has 0 fully saturated rings. The van der Waals surface area contributed by atoms with Crippen LogP contribution in [0.5, 0.6) is 0 Å². The summed E-state index contributed by atoms with van der Waals surface area (Å²) in [5, 5.41) is 3.41. The third-order valence-corrected chi connectivity index (χ3v) is 3.67. The molecule has 0 saturated carbocycles. The summed E-state index contributed by atoms with van der Waals surface area (Å²) < 4.78 is 2.02. The minimum Gasteiger partial charge on any atom is -0.324 e. The quantitative estimate of drug-likeness (QED) is 0.891. The van der Waals surface area contributed by atoms with Crippen molar-refractivity contribution in [1.82, 2.24) is 4.57 Å². The van der Waals surface area contributed by atoms with Gasteiger partial charge in [-0.2, -0.15) is 0 Å². The summed E-state index contributed by atoms with van der Waals surface area (Å²) >= 11 is 14.9. The van der Waals surface area contributed by atoms with Crippen molar-refractivity contribution in [3.05, 3.63) is 61.4 Å². The van der Waals surface area contributed by atoms with Gasteiger partial charge >= 0.3 is 0 Å². The van der Waals surface area contributed by atoms with E-state index in [1.807, 2.05) is 0 Å². The van der Waals surface area contributed by atoms with Gasteiger partial charge in [-0.15, -0.1) is 0 Å². The number of nitrogens with one attached hydrogen (secondary N) is 1. The van der Waals surface area contributed by atoms with Gasteiger partial charge in [0.15, 0.2) is 0 Å². The minimum absolute atomic E-state index is 0.0848. The zero-order valence-corrected chi connectivity index (χ0v) is 13.2. The molecule has 0 aliphatic heterocycles. The largest absolute Gasteiger partial charge is 0.324 e. The van der Waals surface area contributed by atoms with E-state index in [9.17, 15) is 9.59 Å². The summed E-state index contributed by atoms with van der Waals surface area (Å²) in [4.78, 5) is 23.5. The smallest absolute Gasteiger partial charge is 0.251 e. The molecule has 4 nitrogen and oxygen atoms in total. The predicted octanol–water partition coefficient (Wildman–Crippen LogP) is 3.56. The van der Waals surface area contributed by atoms with E-state index in [-0.39, 0.29) is 18.0 Å². The molecule has 0 saturated heterocycles. The highest BCUT2D eigenvalue weighted by molar-refractivity contribution is 9.10.